The fourth-order valence-electron chi connectivity index (χ4n) is 4.59. The topological polar surface area (TPSA) is 57.9 Å². The second-order valence-electron chi connectivity index (χ2n) is 8.45. The molecule has 1 aromatic carbocycles. The maximum absolute atomic E-state index is 6.15. The molecule has 0 aliphatic carbocycles. The fraction of sp³-hybridized carbons (Fsp3) is 0.583. The molecule has 0 amide bonds. The minimum Gasteiger partial charge on any atom is -0.373 e. The van der Waals surface area contributed by atoms with Crippen LogP contribution in [0.5, 0.6) is 0 Å². The molecule has 2 aromatic rings. The van der Waals surface area contributed by atoms with Gasteiger partial charge in [0.25, 0.3) is 0 Å². The first-order valence-electron chi connectivity index (χ1n) is 11.6. The number of hydrogen-bond acceptors (Lipinski definition) is 4. The Morgan fingerprint density at radius 2 is 2.10 bits per heavy atom. The Morgan fingerprint density at radius 3 is 2.87 bits per heavy atom. The molecule has 7 heteroatoms. The standard InChI is InChI=1S/C24H36N6O/c1-3-25-24(27-11-7-8-13-28-14-12-26-20(28)2)30-18-22-23(19-30)31-16-15-29(22)17-21-9-5-4-6-10-21/h4-6,9-10,12,14,22-23H,3,7-8,11,13,15-19H2,1-2H3,(H,25,27). The van der Waals surface area contributed by atoms with Crippen molar-refractivity contribution in [3.63, 3.8) is 0 Å². The second kappa shape index (κ2) is 10.8. The van der Waals surface area contributed by atoms with Gasteiger partial charge in [0.15, 0.2) is 5.96 Å². The number of aryl methyl sites for hydroxylation is 2. The lowest BCUT2D eigenvalue weighted by atomic mass is 10.1. The first-order chi connectivity index (χ1) is 15.2. The van der Waals surface area contributed by atoms with E-state index in [1.54, 1.807) is 0 Å². The molecule has 0 radical (unpaired) electrons. The van der Waals surface area contributed by atoms with Crippen molar-refractivity contribution < 1.29 is 4.74 Å². The summed E-state index contributed by atoms with van der Waals surface area (Å²) in [7, 11) is 0. The molecular weight excluding hydrogens is 388 g/mol. The maximum Gasteiger partial charge on any atom is 0.194 e. The van der Waals surface area contributed by atoms with Crippen molar-refractivity contribution in [3.8, 4) is 0 Å². The quantitative estimate of drug-likeness (QED) is 0.401. The van der Waals surface area contributed by atoms with Crippen LogP contribution < -0.4 is 5.32 Å². The van der Waals surface area contributed by atoms with E-state index in [1.807, 2.05) is 6.20 Å². The van der Waals surface area contributed by atoms with Crippen LogP contribution in [-0.4, -0.2) is 76.8 Å². The normalized spacial score (nSPS) is 22.0. The molecule has 2 atom stereocenters. The van der Waals surface area contributed by atoms with E-state index >= 15 is 0 Å². The van der Waals surface area contributed by atoms with Crippen LogP contribution in [0.2, 0.25) is 0 Å². The molecular formula is C24H36N6O. The van der Waals surface area contributed by atoms with Crippen LogP contribution in [0.15, 0.2) is 47.7 Å². The number of rotatable bonds is 8. The van der Waals surface area contributed by atoms with Gasteiger partial charge in [-0.25, -0.2) is 4.98 Å². The van der Waals surface area contributed by atoms with Crippen LogP contribution in [0.3, 0.4) is 0 Å². The molecule has 2 saturated heterocycles. The molecule has 2 aliphatic rings. The van der Waals surface area contributed by atoms with Crippen LogP contribution in [0.4, 0.5) is 0 Å². The first kappa shape index (κ1) is 21.8. The Labute approximate surface area is 186 Å². The van der Waals surface area contributed by atoms with Gasteiger partial charge in [0.2, 0.25) is 0 Å². The van der Waals surface area contributed by atoms with Crippen molar-refractivity contribution in [2.45, 2.75) is 51.9 Å². The third-order valence-corrected chi connectivity index (χ3v) is 6.27. The third-order valence-electron chi connectivity index (χ3n) is 6.27. The van der Waals surface area contributed by atoms with Gasteiger partial charge in [0, 0.05) is 58.2 Å². The number of aliphatic imine (C=N–C) groups is 1. The average Bonchev–Trinajstić information content (AvgIpc) is 3.40. The second-order valence-corrected chi connectivity index (χ2v) is 8.45. The molecule has 0 bridgehead atoms. The Hall–Kier alpha value is -2.38. The molecule has 2 aliphatic heterocycles. The zero-order chi connectivity index (χ0) is 21.5. The lowest BCUT2D eigenvalue weighted by molar-refractivity contribution is -0.0502. The number of unbranched alkanes of at least 4 members (excludes halogenated alkanes) is 1. The van der Waals surface area contributed by atoms with Crippen molar-refractivity contribution in [2.75, 3.05) is 39.3 Å². The van der Waals surface area contributed by atoms with Gasteiger partial charge in [-0.2, -0.15) is 0 Å². The molecule has 1 N–H and O–H groups in total. The molecule has 0 spiro atoms. The van der Waals surface area contributed by atoms with Gasteiger partial charge in [0.1, 0.15) is 5.82 Å². The number of guanidine groups is 1. The molecule has 2 unspecified atom stereocenters. The van der Waals surface area contributed by atoms with Gasteiger partial charge in [-0.05, 0) is 32.3 Å². The number of morpholine rings is 1. The molecule has 3 heterocycles. The number of likely N-dealkylation sites (tertiary alicyclic amines) is 1. The molecule has 1 aromatic heterocycles. The Balaban J connectivity index is 1.32. The summed E-state index contributed by atoms with van der Waals surface area (Å²) in [6.45, 7) is 11.6. The highest BCUT2D eigenvalue weighted by atomic mass is 16.5. The number of aromatic nitrogens is 2. The highest BCUT2D eigenvalue weighted by Gasteiger charge is 2.41. The number of ether oxygens (including phenoxy) is 1. The Morgan fingerprint density at radius 1 is 1.23 bits per heavy atom. The molecule has 0 saturated carbocycles. The van der Waals surface area contributed by atoms with Crippen molar-refractivity contribution in [1.82, 2.24) is 24.7 Å². The largest absolute Gasteiger partial charge is 0.373 e. The summed E-state index contributed by atoms with van der Waals surface area (Å²) in [5.74, 6) is 2.11. The molecule has 31 heavy (non-hydrogen) atoms. The summed E-state index contributed by atoms with van der Waals surface area (Å²) in [5, 5.41) is 3.50. The Kier molecular flexibility index (Phi) is 7.59. The molecule has 4 rings (SSSR count). The number of nitrogens with one attached hydrogen (secondary N) is 1. The maximum atomic E-state index is 6.15. The number of hydrogen-bond donors (Lipinski definition) is 1. The van der Waals surface area contributed by atoms with Gasteiger partial charge >= 0.3 is 0 Å². The SMILES string of the molecule is CCNC(=NCCCCn1ccnc1C)N1CC2OCCN(Cc3ccccc3)C2C1. The van der Waals surface area contributed by atoms with Crippen LogP contribution in [0.1, 0.15) is 31.2 Å². The summed E-state index contributed by atoms with van der Waals surface area (Å²) in [6, 6.07) is 11.2. The summed E-state index contributed by atoms with van der Waals surface area (Å²) >= 11 is 0. The van der Waals surface area contributed by atoms with Crippen molar-refractivity contribution in [2.24, 2.45) is 4.99 Å². The van der Waals surface area contributed by atoms with E-state index in [0.717, 1.165) is 77.0 Å². The molecule has 168 valence electrons. The van der Waals surface area contributed by atoms with Gasteiger partial charge in [0.05, 0.1) is 18.8 Å². The van der Waals surface area contributed by atoms with Gasteiger partial charge < -0.3 is 19.5 Å². The number of fused-ring (bicyclic) bond motifs is 1. The zero-order valence-corrected chi connectivity index (χ0v) is 18.9. The van der Waals surface area contributed by atoms with Gasteiger partial charge in [-0.3, -0.25) is 9.89 Å². The van der Waals surface area contributed by atoms with Gasteiger partial charge in [-0.1, -0.05) is 30.3 Å². The lowest BCUT2D eigenvalue weighted by Crippen LogP contribution is -2.50. The number of imidazole rings is 1. The highest BCUT2D eigenvalue weighted by molar-refractivity contribution is 5.80. The zero-order valence-electron chi connectivity index (χ0n) is 18.9. The summed E-state index contributed by atoms with van der Waals surface area (Å²) in [6.07, 6.45) is 6.36. The average molecular weight is 425 g/mol. The predicted octanol–water partition coefficient (Wildman–Crippen LogP) is 2.52. The van der Waals surface area contributed by atoms with E-state index in [4.69, 9.17) is 9.73 Å². The monoisotopic (exact) mass is 424 g/mol. The van der Waals surface area contributed by atoms with Crippen LogP contribution in [0.25, 0.3) is 0 Å². The lowest BCUT2D eigenvalue weighted by Gasteiger charge is -2.36. The van der Waals surface area contributed by atoms with Gasteiger partial charge in [-0.15, -0.1) is 0 Å². The third kappa shape index (κ3) is 5.66. The highest BCUT2D eigenvalue weighted by Crippen LogP contribution is 2.24. The summed E-state index contributed by atoms with van der Waals surface area (Å²) < 4.78 is 8.36. The van der Waals surface area contributed by atoms with E-state index in [2.05, 4.69) is 75.0 Å². The first-order valence-corrected chi connectivity index (χ1v) is 11.6. The van der Waals surface area contributed by atoms with E-state index in [9.17, 15) is 0 Å². The summed E-state index contributed by atoms with van der Waals surface area (Å²) in [5.41, 5.74) is 1.37. The minimum absolute atomic E-state index is 0.255. The van der Waals surface area contributed by atoms with E-state index < -0.39 is 0 Å². The van der Waals surface area contributed by atoms with Crippen molar-refractivity contribution >= 4 is 5.96 Å². The van der Waals surface area contributed by atoms with Crippen LogP contribution in [-0.2, 0) is 17.8 Å². The van der Waals surface area contributed by atoms with E-state index in [1.165, 1.54) is 5.56 Å². The predicted molar refractivity (Wildman–Crippen MR) is 124 cm³/mol. The van der Waals surface area contributed by atoms with Crippen molar-refractivity contribution in [3.05, 3.63) is 54.1 Å². The molecule has 2 fully saturated rings. The Bertz CT molecular complexity index is 836. The smallest absolute Gasteiger partial charge is 0.194 e. The van der Waals surface area contributed by atoms with Crippen LogP contribution in [0, 0.1) is 6.92 Å². The summed E-state index contributed by atoms with van der Waals surface area (Å²) in [4.78, 5) is 14.2. The minimum atomic E-state index is 0.255. The van der Waals surface area contributed by atoms with Crippen LogP contribution >= 0.6 is 0 Å². The molecule has 7 nitrogen and oxygen atoms in total. The number of benzene rings is 1. The fourth-order valence-corrected chi connectivity index (χ4v) is 4.59. The van der Waals surface area contributed by atoms with Crippen molar-refractivity contribution in [1.29, 1.82) is 0 Å². The van der Waals surface area contributed by atoms with E-state index in [-0.39, 0.29) is 6.10 Å². The number of nitrogens with zero attached hydrogens (tertiary/aromatic N) is 5. The van der Waals surface area contributed by atoms with E-state index in [0.29, 0.717) is 6.04 Å².